The molecule has 2 N–H and O–H groups in total. The number of sulfone groups is 1. The molecule has 0 spiro atoms. The van der Waals surface area contributed by atoms with Gasteiger partial charge in [-0.25, -0.2) is 8.42 Å². The summed E-state index contributed by atoms with van der Waals surface area (Å²) >= 11 is 0. The molecule has 0 aliphatic heterocycles. The molecule has 1 aliphatic rings. The monoisotopic (exact) mass is 481 g/mol. The molecule has 6 nitrogen and oxygen atoms in total. The maximum atomic E-state index is 11.5. The van der Waals surface area contributed by atoms with Crippen molar-refractivity contribution in [2.45, 2.75) is 26.3 Å². The second-order valence-corrected chi connectivity index (χ2v) is 8.42. The first-order chi connectivity index (χ1) is 11.5. The normalized spacial score (nSPS) is 14.6. The molecule has 0 atom stereocenters. The molecule has 142 valence electrons. The van der Waals surface area contributed by atoms with Crippen molar-refractivity contribution in [3.63, 3.8) is 0 Å². The molecule has 25 heavy (non-hydrogen) atoms. The molecule has 0 aromatic heterocycles. The average molecular weight is 481 g/mol. The Morgan fingerprint density at radius 1 is 1.28 bits per heavy atom. The van der Waals surface area contributed by atoms with Gasteiger partial charge in [-0.1, -0.05) is 25.1 Å². The zero-order valence-corrected chi connectivity index (χ0v) is 18.0. The van der Waals surface area contributed by atoms with E-state index in [9.17, 15) is 8.42 Å². The van der Waals surface area contributed by atoms with Crippen LogP contribution < -0.4 is 15.4 Å². The van der Waals surface area contributed by atoms with Gasteiger partial charge in [-0.05, 0) is 24.8 Å². The molecule has 1 aromatic carbocycles. The van der Waals surface area contributed by atoms with Crippen molar-refractivity contribution in [1.82, 2.24) is 10.6 Å². The van der Waals surface area contributed by atoms with Gasteiger partial charge in [-0.15, -0.1) is 24.0 Å². The van der Waals surface area contributed by atoms with Crippen LogP contribution in [0.2, 0.25) is 0 Å². The van der Waals surface area contributed by atoms with Crippen LogP contribution in [0.3, 0.4) is 0 Å². The van der Waals surface area contributed by atoms with Crippen molar-refractivity contribution in [2.75, 3.05) is 31.7 Å². The van der Waals surface area contributed by atoms with Gasteiger partial charge in [0, 0.05) is 31.5 Å². The van der Waals surface area contributed by atoms with E-state index in [0.717, 1.165) is 17.9 Å². The number of para-hydroxylation sites is 1. The lowest BCUT2D eigenvalue weighted by atomic mass is 10.2. The average Bonchev–Trinajstić information content (AvgIpc) is 3.41. The number of aliphatic imine (C=N–C) groups is 1. The summed E-state index contributed by atoms with van der Waals surface area (Å²) in [5, 5.41) is 6.23. The Balaban J connectivity index is 0.00000312. The summed E-state index contributed by atoms with van der Waals surface area (Å²) in [5.41, 5.74) is 1.06. The number of guanidine groups is 1. The Bertz CT molecular complexity index is 661. The minimum absolute atomic E-state index is 0. The molecule has 1 saturated carbocycles. The van der Waals surface area contributed by atoms with Crippen LogP contribution in [0, 0.1) is 5.92 Å². The first-order valence-corrected chi connectivity index (χ1v) is 10.2. The van der Waals surface area contributed by atoms with Crippen LogP contribution in [-0.4, -0.2) is 46.1 Å². The topological polar surface area (TPSA) is 79.8 Å². The van der Waals surface area contributed by atoms with E-state index in [-0.39, 0.29) is 35.5 Å². The van der Waals surface area contributed by atoms with Crippen LogP contribution in [0.25, 0.3) is 0 Å². The molecule has 0 amide bonds. The number of nitrogens with zero attached hydrogens (tertiary/aromatic N) is 1. The van der Waals surface area contributed by atoms with Crippen LogP contribution in [0.5, 0.6) is 5.75 Å². The highest BCUT2D eigenvalue weighted by Gasteiger charge is 2.22. The van der Waals surface area contributed by atoms with Gasteiger partial charge >= 0.3 is 0 Å². The molecule has 8 heteroatoms. The number of halogens is 1. The zero-order valence-electron chi connectivity index (χ0n) is 14.8. The Labute approximate surface area is 167 Å². The fraction of sp³-hybridized carbons (Fsp3) is 0.588. The Morgan fingerprint density at radius 3 is 2.64 bits per heavy atom. The van der Waals surface area contributed by atoms with Gasteiger partial charge in [0.15, 0.2) is 15.8 Å². The maximum Gasteiger partial charge on any atom is 0.191 e. The quantitative estimate of drug-likeness (QED) is 0.321. The first-order valence-electron chi connectivity index (χ1n) is 8.39. The van der Waals surface area contributed by atoms with Crippen LogP contribution in [0.1, 0.15) is 25.3 Å². The smallest absolute Gasteiger partial charge is 0.191 e. The van der Waals surface area contributed by atoms with Crippen LogP contribution in [0.15, 0.2) is 29.3 Å². The predicted molar refractivity (Wildman–Crippen MR) is 113 cm³/mol. The molecule has 1 aliphatic carbocycles. The summed E-state index contributed by atoms with van der Waals surface area (Å²) < 4.78 is 28.9. The Kier molecular flexibility index (Phi) is 9.55. The molecule has 0 saturated heterocycles. The van der Waals surface area contributed by atoms with Gasteiger partial charge in [0.25, 0.3) is 0 Å². The summed E-state index contributed by atoms with van der Waals surface area (Å²) in [6.07, 6.45) is 2.52. The molecule has 0 heterocycles. The lowest BCUT2D eigenvalue weighted by Gasteiger charge is -2.14. The highest BCUT2D eigenvalue weighted by molar-refractivity contribution is 14.0. The highest BCUT2D eigenvalue weighted by Crippen LogP contribution is 2.30. The Hall–Kier alpha value is -1.03. The molecule has 1 aromatic rings. The van der Waals surface area contributed by atoms with Crippen molar-refractivity contribution >= 4 is 39.8 Å². The molecular weight excluding hydrogens is 453 g/mol. The largest absolute Gasteiger partial charge is 0.493 e. The van der Waals surface area contributed by atoms with E-state index < -0.39 is 9.84 Å². The zero-order chi connectivity index (χ0) is 17.4. The number of ether oxygens (including phenoxy) is 1. The minimum atomic E-state index is -2.97. The molecule has 0 bridgehead atoms. The van der Waals surface area contributed by atoms with Gasteiger partial charge in [-0.3, -0.25) is 4.99 Å². The van der Waals surface area contributed by atoms with Crippen molar-refractivity contribution in [1.29, 1.82) is 0 Å². The molecule has 1 fully saturated rings. The minimum Gasteiger partial charge on any atom is -0.493 e. The van der Waals surface area contributed by atoms with E-state index >= 15 is 0 Å². The number of rotatable bonds is 9. The summed E-state index contributed by atoms with van der Waals surface area (Å²) in [4.78, 5) is 4.12. The van der Waals surface area contributed by atoms with Gasteiger partial charge in [0.2, 0.25) is 0 Å². The highest BCUT2D eigenvalue weighted by atomic mass is 127. The van der Waals surface area contributed by atoms with Crippen LogP contribution >= 0.6 is 24.0 Å². The Morgan fingerprint density at radius 2 is 2.00 bits per heavy atom. The molecule has 0 unspecified atom stereocenters. The summed E-state index contributed by atoms with van der Waals surface area (Å²) in [5.74, 6) is 2.44. The van der Waals surface area contributed by atoms with Crippen molar-refractivity contribution in [3.8, 4) is 5.75 Å². The van der Waals surface area contributed by atoms with Crippen LogP contribution in [0.4, 0.5) is 0 Å². The molecular formula is C17H28IN3O3S. The third-order valence-corrected chi connectivity index (χ3v) is 5.67. The van der Waals surface area contributed by atoms with Crippen molar-refractivity contribution in [3.05, 3.63) is 29.8 Å². The van der Waals surface area contributed by atoms with E-state index in [1.54, 1.807) is 14.0 Å². The predicted octanol–water partition coefficient (Wildman–Crippen LogP) is 2.19. The second kappa shape index (κ2) is 10.8. The summed E-state index contributed by atoms with van der Waals surface area (Å²) in [6.45, 7) is 3.34. The lowest BCUT2D eigenvalue weighted by molar-refractivity contribution is 0.296. The van der Waals surface area contributed by atoms with Gasteiger partial charge < -0.3 is 15.4 Å². The van der Waals surface area contributed by atoms with Gasteiger partial charge in [0.05, 0.1) is 12.4 Å². The SMILES string of the molecule is CCS(=O)(=O)CCNC(=NC)NCc1ccccc1OCC1CC1.I. The van der Waals surface area contributed by atoms with Crippen molar-refractivity contribution in [2.24, 2.45) is 10.9 Å². The van der Waals surface area contributed by atoms with Gasteiger partial charge in [0.1, 0.15) is 5.75 Å². The van der Waals surface area contributed by atoms with Crippen molar-refractivity contribution < 1.29 is 13.2 Å². The van der Waals surface area contributed by atoms with E-state index in [1.807, 2.05) is 24.3 Å². The maximum absolute atomic E-state index is 11.5. The molecule has 2 rings (SSSR count). The third-order valence-electron chi connectivity index (χ3n) is 3.96. The lowest BCUT2D eigenvalue weighted by Crippen LogP contribution is -2.39. The standard InChI is InChI=1S/C17H27N3O3S.HI/c1-3-24(21,22)11-10-19-17(18-2)20-12-15-6-4-5-7-16(15)23-13-14-8-9-14;/h4-7,14H,3,8-13H2,1-2H3,(H2,18,19,20);1H. The fourth-order valence-electron chi connectivity index (χ4n) is 2.15. The van der Waals surface area contributed by atoms with E-state index in [0.29, 0.717) is 25.0 Å². The number of benzene rings is 1. The number of hydrogen-bond acceptors (Lipinski definition) is 4. The second-order valence-electron chi connectivity index (χ2n) is 5.95. The number of hydrogen-bond donors (Lipinski definition) is 2. The number of nitrogens with one attached hydrogen (secondary N) is 2. The van der Waals surface area contributed by atoms with E-state index in [2.05, 4.69) is 15.6 Å². The van der Waals surface area contributed by atoms with Gasteiger partial charge in [-0.2, -0.15) is 0 Å². The van der Waals surface area contributed by atoms with E-state index in [4.69, 9.17) is 4.74 Å². The first kappa shape index (κ1) is 22.0. The van der Waals surface area contributed by atoms with Crippen LogP contribution in [-0.2, 0) is 16.4 Å². The summed E-state index contributed by atoms with van der Waals surface area (Å²) in [6, 6.07) is 7.94. The molecule has 0 radical (unpaired) electrons. The summed E-state index contributed by atoms with van der Waals surface area (Å²) in [7, 11) is -1.31. The fourth-order valence-corrected chi connectivity index (χ4v) is 2.85. The third kappa shape index (κ3) is 8.26. The van der Waals surface area contributed by atoms with E-state index in [1.165, 1.54) is 12.8 Å².